The van der Waals surface area contributed by atoms with Crippen LogP contribution >= 0.6 is 0 Å². The number of carbonyl (C=O) groups is 2. The molecule has 1 aromatic heterocycles. The summed E-state index contributed by atoms with van der Waals surface area (Å²) in [6.45, 7) is 1.58. The Bertz CT molecular complexity index is 496. The molecule has 1 rings (SSSR count). The lowest BCUT2D eigenvalue weighted by molar-refractivity contribution is -0.142. The number of hydrogen-bond donors (Lipinski definition) is 0. The molecule has 0 bridgehead atoms. The summed E-state index contributed by atoms with van der Waals surface area (Å²) in [6.07, 6.45) is -4.58. The molecule has 112 valence electrons. The van der Waals surface area contributed by atoms with Crippen LogP contribution in [0.25, 0.3) is 0 Å². The highest BCUT2D eigenvalue weighted by atomic mass is 19.4. The van der Waals surface area contributed by atoms with E-state index in [1.165, 1.54) is 13.8 Å². The first kappa shape index (κ1) is 16.0. The maximum Gasteiger partial charge on any atom is 0.408 e. The second kappa shape index (κ2) is 6.40. The van der Waals surface area contributed by atoms with Gasteiger partial charge >= 0.3 is 18.1 Å². The van der Waals surface area contributed by atoms with Crippen LogP contribution in [0.1, 0.15) is 34.8 Å². The fourth-order valence-electron chi connectivity index (χ4n) is 1.38. The summed E-state index contributed by atoms with van der Waals surface area (Å²) in [5.41, 5.74) is -0.827. The van der Waals surface area contributed by atoms with Gasteiger partial charge in [-0.05, 0) is 13.8 Å². The molecule has 0 atom stereocenters. The largest absolute Gasteiger partial charge is 0.461 e. The van der Waals surface area contributed by atoms with Crippen molar-refractivity contribution in [2.75, 3.05) is 13.2 Å². The third kappa shape index (κ3) is 4.25. The fraction of sp³-hybridized carbons (Fsp3) is 0.545. The lowest BCUT2D eigenvalue weighted by atomic mass is 10.3. The van der Waals surface area contributed by atoms with Crippen molar-refractivity contribution in [3.05, 3.63) is 17.5 Å². The van der Waals surface area contributed by atoms with Crippen LogP contribution in [-0.2, 0) is 16.0 Å². The molecule has 0 aliphatic carbocycles. The van der Waals surface area contributed by atoms with E-state index in [1.807, 2.05) is 0 Å². The molecule has 0 aliphatic rings. The van der Waals surface area contributed by atoms with Crippen molar-refractivity contribution in [1.29, 1.82) is 0 Å². The van der Waals surface area contributed by atoms with E-state index < -0.39 is 30.4 Å². The zero-order valence-electron chi connectivity index (χ0n) is 10.9. The van der Waals surface area contributed by atoms with Gasteiger partial charge in [0, 0.05) is 6.07 Å². The van der Waals surface area contributed by atoms with Crippen LogP contribution in [-0.4, -0.2) is 41.1 Å². The molecule has 0 aromatic carbocycles. The average molecular weight is 294 g/mol. The number of halogens is 3. The van der Waals surface area contributed by atoms with Crippen molar-refractivity contribution >= 4 is 11.9 Å². The second-order valence-corrected chi connectivity index (χ2v) is 3.63. The van der Waals surface area contributed by atoms with E-state index in [4.69, 9.17) is 0 Å². The maximum atomic E-state index is 12.4. The molecule has 0 amide bonds. The molecule has 0 saturated carbocycles. The van der Waals surface area contributed by atoms with Crippen molar-refractivity contribution in [3.63, 3.8) is 0 Å². The number of carbonyl (C=O) groups excluding carboxylic acids is 2. The van der Waals surface area contributed by atoms with Gasteiger partial charge in [0.15, 0.2) is 5.69 Å². The van der Waals surface area contributed by atoms with Crippen molar-refractivity contribution < 1.29 is 32.2 Å². The van der Waals surface area contributed by atoms with Gasteiger partial charge in [0.05, 0.1) is 13.2 Å². The van der Waals surface area contributed by atoms with E-state index in [1.54, 1.807) is 0 Å². The Kier molecular flexibility index (Phi) is 5.12. The summed E-state index contributed by atoms with van der Waals surface area (Å²) in [5.74, 6) is -1.89. The molecule has 0 saturated heterocycles. The number of esters is 2. The predicted octanol–water partition coefficient (Wildman–Crippen LogP) is 1.80. The minimum absolute atomic E-state index is 0.00916. The number of nitrogens with zero attached hydrogens (tertiary/aromatic N) is 2. The van der Waals surface area contributed by atoms with Gasteiger partial charge in [0.2, 0.25) is 0 Å². The maximum absolute atomic E-state index is 12.4. The highest BCUT2D eigenvalue weighted by Gasteiger charge is 2.32. The summed E-state index contributed by atoms with van der Waals surface area (Å²) >= 11 is 0. The molecule has 1 heterocycles. The number of ether oxygens (including phenoxy) is 2. The van der Waals surface area contributed by atoms with Crippen LogP contribution in [0.2, 0.25) is 0 Å². The highest BCUT2D eigenvalue weighted by Crippen LogP contribution is 2.19. The molecular weight excluding hydrogens is 281 g/mol. The van der Waals surface area contributed by atoms with Crippen LogP contribution in [0.3, 0.4) is 0 Å². The first-order valence-electron chi connectivity index (χ1n) is 5.77. The lowest BCUT2D eigenvalue weighted by Crippen LogP contribution is -2.23. The summed E-state index contributed by atoms with van der Waals surface area (Å²) < 4.78 is 46.8. The summed E-state index contributed by atoms with van der Waals surface area (Å²) in [6, 6.07) is 0.918. The van der Waals surface area contributed by atoms with Gasteiger partial charge in [-0.2, -0.15) is 18.3 Å². The molecule has 1 aromatic rings. The summed E-state index contributed by atoms with van der Waals surface area (Å²) in [4.78, 5) is 23.0. The van der Waals surface area contributed by atoms with E-state index in [2.05, 4.69) is 14.6 Å². The first-order valence-corrected chi connectivity index (χ1v) is 5.77. The van der Waals surface area contributed by atoms with Gasteiger partial charge in [-0.3, -0.25) is 0 Å². The molecular formula is C11H13F3N2O4. The van der Waals surface area contributed by atoms with Crippen LogP contribution in [0.4, 0.5) is 13.2 Å². The van der Waals surface area contributed by atoms with E-state index in [-0.39, 0.29) is 18.9 Å². The molecule has 0 unspecified atom stereocenters. The van der Waals surface area contributed by atoms with Crippen LogP contribution in [0.15, 0.2) is 6.07 Å². The van der Waals surface area contributed by atoms with E-state index >= 15 is 0 Å². The molecule has 0 N–H and O–H groups in total. The zero-order valence-corrected chi connectivity index (χ0v) is 10.9. The number of rotatable bonds is 5. The Morgan fingerprint density at radius 2 is 1.75 bits per heavy atom. The standard InChI is InChI=1S/C11H13F3N2O4/c1-3-19-9(17)7-5-8(10(18)20-4-2)16(15-7)6-11(12,13)14/h5H,3-4,6H2,1-2H3. The Morgan fingerprint density at radius 1 is 1.20 bits per heavy atom. The number of hydrogen-bond acceptors (Lipinski definition) is 5. The number of alkyl halides is 3. The van der Waals surface area contributed by atoms with E-state index in [9.17, 15) is 22.8 Å². The minimum Gasteiger partial charge on any atom is -0.461 e. The predicted molar refractivity (Wildman–Crippen MR) is 60.2 cm³/mol. The van der Waals surface area contributed by atoms with Crippen molar-refractivity contribution in [2.24, 2.45) is 0 Å². The monoisotopic (exact) mass is 294 g/mol. The quantitative estimate of drug-likeness (QED) is 0.774. The van der Waals surface area contributed by atoms with Gasteiger partial charge < -0.3 is 9.47 Å². The van der Waals surface area contributed by atoms with Crippen LogP contribution < -0.4 is 0 Å². The Morgan fingerprint density at radius 3 is 2.25 bits per heavy atom. The molecule has 0 fully saturated rings. The zero-order chi connectivity index (χ0) is 15.3. The van der Waals surface area contributed by atoms with Crippen molar-refractivity contribution in [2.45, 2.75) is 26.6 Å². The Hall–Kier alpha value is -2.06. The van der Waals surface area contributed by atoms with Crippen molar-refractivity contribution in [3.8, 4) is 0 Å². The minimum atomic E-state index is -4.58. The molecule has 0 radical (unpaired) electrons. The summed E-state index contributed by atoms with van der Waals surface area (Å²) in [5, 5.41) is 3.44. The summed E-state index contributed by atoms with van der Waals surface area (Å²) in [7, 11) is 0. The van der Waals surface area contributed by atoms with Gasteiger partial charge in [0.25, 0.3) is 0 Å². The SMILES string of the molecule is CCOC(=O)c1cc(C(=O)OCC)n(CC(F)(F)F)n1. The fourth-order valence-corrected chi connectivity index (χ4v) is 1.38. The van der Waals surface area contributed by atoms with E-state index in [0.29, 0.717) is 4.68 Å². The normalized spacial score (nSPS) is 11.2. The molecule has 9 heteroatoms. The van der Waals surface area contributed by atoms with Crippen LogP contribution in [0, 0.1) is 0 Å². The lowest BCUT2D eigenvalue weighted by Gasteiger charge is -2.09. The molecule has 20 heavy (non-hydrogen) atoms. The first-order chi connectivity index (χ1) is 9.28. The van der Waals surface area contributed by atoms with Crippen molar-refractivity contribution in [1.82, 2.24) is 9.78 Å². The second-order valence-electron chi connectivity index (χ2n) is 3.63. The average Bonchev–Trinajstić information content (AvgIpc) is 2.71. The molecule has 0 spiro atoms. The Labute approximate surface area is 112 Å². The third-order valence-electron chi connectivity index (χ3n) is 2.08. The number of aromatic nitrogens is 2. The molecule has 0 aliphatic heterocycles. The highest BCUT2D eigenvalue weighted by molar-refractivity contribution is 5.93. The Balaban J connectivity index is 3.11. The third-order valence-corrected chi connectivity index (χ3v) is 2.08. The smallest absolute Gasteiger partial charge is 0.408 e. The van der Waals surface area contributed by atoms with Crippen LogP contribution in [0.5, 0.6) is 0 Å². The van der Waals surface area contributed by atoms with Gasteiger partial charge in [-0.25, -0.2) is 14.3 Å². The van der Waals surface area contributed by atoms with Gasteiger partial charge in [-0.1, -0.05) is 0 Å². The van der Waals surface area contributed by atoms with E-state index in [0.717, 1.165) is 6.07 Å². The topological polar surface area (TPSA) is 70.4 Å². The molecule has 6 nitrogen and oxygen atoms in total. The van der Waals surface area contributed by atoms with Gasteiger partial charge in [-0.15, -0.1) is 0 Å². The van der Waals surface area contributed by atoms with Gasteiger partial charge in [0.1, 0.15) is 12.2 Å².